The van der Waals surface area contributed by atoms with E-state index in [1.165, 1.54) is 24.8 Å². The zero-order valence-corrected chi connectivity index (χ0v) is 12.8. The fraction of sp³-hybridized carbons (Fsp3) is 0.556. The molecule has 1 heteroatoms. The van der Waals surface area contributed by atoms with Crippen molar-refractivity contribution >= 4 is 0 Å². The topological polar surface area (TPSA) is 9.23 Å². The van der Waals surface area contributed by atoms with Gasteiger partial charge in [-0.3, -0.25) is 0 Å². The summed E-state index contributed by atoms with van der Waals surface area (Å²) >= 11 is 0. The quantitative estimate of drug-likeness (QED) is 0.519. The predicted octanol–water partition coefficient (Wildman–Crippen LogP) is 4.92. The number of terminal acetylenes is 1. The molecule has 0 bridgehead atoms. The highest BCUT2D eigenvalue weighted by Gasteiger charge is 2.19. The molecule has 19 heavy (non-hydrogen) atoms. The lowest BCUT2D eigenvalue weighted by Gasteiger charge is -2.23. The van der Waals surface area contributed by atoms with Crippen LogP contribution < -0.4 is 4.74 Å². The smallest absolute Gasteiger partial charge is 0.123 e. The standard InChI is InChI=1S/C18H26O/c1-6-8-9-10-13-19-17-12-11-15(7-2)14-16(17)18(3,4)5/h2,11-12,14H,6,8-10,13H2,1,3-5H3. The summed E-state index contributed by atoms with van der Waals surface area (Å²) in [4.78, 5) is 0. The van der Waals surface area contributed by atoms with Gasteiger partial charge in [-0.05, 0) is 30.0 Å². The minimum absolute atomic E-state index is 0.0472. The van der Waals surface area contributed by atoms with Crippen molar-refractivity contribution in [1.29, 1.82) is 0 Å². The van der Waals surface area contributed by atoms with Gasteiger partial charge in [0.15, 0.2) is 0 Å². The summed E-state index contributed by atoms with van der Waals surface area (Å²) in [6, 6.07) is 6.04. The van der Waals surface area contributed by atoms with Gasteiger partial charge in [-0.25, -0.2) is 0 Å². The second kappa shape index (κ2) is 7.24. The Kier molecular flexibility index (Phi) is 5.96. The van der Waals surface area contributed by atoms with Crippen molar-refractivity contribution in [3.8, 4) is 18.1 Å². The van der Waals surface area contributed by atoms with E-state index in [2.05, 4.69) is 39.7 Å². The summed E-state index contributed by atoms with van der Waals surface area (Å²) in [7, 11) is 0. The molecule has 0 heterocycles. The monoisotopic (exact) mass is 258 g/mol. The average Bonchev–Trinajstić information content (AvgIpc) is 2.37. The maximum absolute atomic E-state index is 5.94. The zero-order chi connectivity index (χ0) is 14.3. The fourth-order valence-electron chi connectivity index (χ4n) is 2.04. The highest BCUT2D eigenvalue weighted by molar-refractivity contribution is 5.46. The molecule has 0 spiro atoms. The first-order chi connectivity index (χ1) is 8.99. The second-order valence-corrected chi connectivity index (χ2v) is 6.01. The number of hydrogen-bond acceptors (Lipinski definition) is 1. The number of rotatable bonds is 6. The molecule has 0 aromatic heterocycles. The Hall–Kier alpha value is -1.42. The zero-order valence-electron chi connectivity index (χ0n) is 12.8. The highest BCUT2D eigenvalue weighted by Crippen LogP contribution is 2.32. The number of unbranched alkanes of at least 4 members (excludes halogenated alkanes) is 3. The molecule has 0 unspecified atom stereocenters. The van der Waals surface area contributed by atoms with Crippen molar-refractivity contribution in [3.63, 3.8) is 0 Å². The van der Waals surface area contributed by atoms with E-state index in [4.69, 9.17) is 11.2 Å². The van der Waals surface area contributed by atoms with Gasteiger partial charge in [-0.1, -0.05) is 52.9 Å². The van der Waals surface area contributed by atoms with Crippen LogP contribution in [0.25, 0.3) is 0 Å². The molecule has 1 nitrogen and oxygen atoms in total. The molecule has 0 N–H and O–H groups in total. The van der Waals surface area contributed by atoms with Crippen LogP contribution in [0.5, 0.6) is 5.75 Å². The van der Waals surface area contributed by atoms with Crippen molar-refractivity contribution in [3.05, 3.63) is 29.3 Å². The van der Waals surface area contributed by atoms with Crippen molar-refractivity contribution in [2.75, 3.05) is 6.61 Å². The summed E-state index contributed by atoms with van der Waals surface area (Å²) in [6.45, 7) is 9.57. The van der Waals surface area contributed by atoms with Crippen molar-refractivity contribution in [1.82, 2.24) is 0 Å². The van der Waals surface area contributed by atoms with Crippen LogP contribution in [0, 0.1) is 12.3 Å². The maximum atomic E-state index is 5.94. The Morgan fingerprint density at radius 3 is 2.47 bits per heavy atom. The lowest BCUT2D eigenvalue weighted by atomic mass is 9.85. The molecule has 0 saturated heterocycles. The highest BCUT2D eigenvalue weighted by atomic mass is 16.5. The minimum Gasteiger partial charge on any atom is -0.493 e. The predicted molar refractivity (Wildman–Crippen MR) is 82.7 cm³/mol. The van der Waals surface area contributed by atoms with Crippen LogP contribution in [-0.2, 0) is 5.41 Å². The van der Waals surface area contributed by atoms with E-state index < -0.39 is 0 Å². The third-order valence-electron chi connectivity index (χ3n) is 3.21. The van der Waals surface area contributed by atoms with E-state index in [9.17, 15) is 0 Å². The first kappa shape index (κ1) is 15.6. The van der Waals surface area contributed by atoms with Gasteiger partial charge in [-0.2, -0.15) is 0 Å². The second-order valence-electron chi connectivity index (χ2n) is 6.01. The molecule has 0 atom stereocenters. The summed E-state index contributed by atoms with van der Waals surface area (Å²) < 4.78 is 5.94. The fourth-order valence-corrected chi connectivity index (χ4v) is 2.04. The summed E-state index contributed by atoms with van der Waals surface area (Å²) in [5.74, 6) is 3.67. The molecule has 1 rings (SSSR count). The van der Waals surface area contributed by atoms with Crippen LogP contribution in [0.4, 0.5) is 0 Å². The van der Waals surface area contributed by atoms with Crippen LogP contribution in [0.3, 0.4) is 0 Å². The number of benzene rings is 1. The van der Waals surface area contributed by atoms with E-state index in [0.717, 1.165) is 24.3 Å². The summed E-state index contributed by atoms with van der Waals surface area (Å²) in [6.07, 6.45) is 10.4. The van der Waals surface area contributed by atoms with Gasteiger partial charge in [-0.15, -0.1) is 6.42 Å². The van der Waals surface area contributed by atoms with Gasteiger partial charge < -0.3 is 4.74 Å². The molecular weight excluding hydrogens is 232 g/mol. The minimum atomic E-state index is 0.0472. The Balaban J connectivity index is 2.74. The van der Waals surface area contributed by atoms with Crippen LogP contribution in [-0.4, -0.2) is 6.61 Å². The summed E-state index contributed by atoms with van der Waals surface area (Å²) in [5.41, 5.74) is 2.16. The summed E-state index contributed by atoms with van der Waals surface area (Å²) in [5, 5.41) is 0. The first-order valence-electron chi connectivity index (χ1n) is 7.23. The van der Waals surface area contributed by atoms with E-state index in [1.54, 1.807) is 0 Å². The average molecular weight is 258 g/mol. The lowest BCUT2D eigenvalue weighted by molar-refractivity contribution is 0.297. The van der Waals surface area contributed by atoms with Crippen molar-refractivity contribution in [2.24, 2.45) is 0 Å². The molecule has 0 aliphatic heterocycles. The molecule has 0 fully saturated rings. The largest absolute Gasteiger partial charge is 0.493 e. The van der Waals surface area contributed by atoms with Crippen molar-refractivity contribution in [2.45, 2.75) is 58.8 Å². The van der Waals surface area contributed by atoms with Crippen molar-refractivity contribution < 1.29 is 4.74 Å². The van der Waals surface area contributed by atoms with Gasteiger partial charge in [0.05, 0.1) is 6.61 Å². The van der Waals surface area contributed by atoms with E-state index in [1.807, 2.05) is 12.1 Å². The molecule has 0 amide bonds. The van der Waals surface area contributed by atoms with E-state index in [0.29, 0.717) is 0 Å². The molecule has 0 radical (unpaired) electrons. The Morgan fingerprint density at radius 1 is 1.16 bits per heavy atom. The molecule has 1 aromatic rings. The first-order valence-corrected chi connectivity index (χ1v) is 7.23. The maximum Gasteiger partial charge on any atom is 0.123 e. The number of hydrogen-bond donors (Lipinski definition) is 0. The Bertz CT molecular complexity index is 432. The Labute approximate surface area is 118 Å². The van der Waals surface area contributed by atoms with Gasteiger partial charge in [0.1, 0.15) is 5.75 Å². The lowest BCUT2D eigenvalue weighted by Crippen LogP contribution is -2.14. The molecular formula is C18H26O. The third-order valence-corrected chi connectivity index (χ3v) is 3.21. The van der Waals surface area contributed by atoms with Gasteiger partial charge in [0.25, 0.3) is 0 Å². The molecule has 0 saturated carbocycles. The molecule has 104 valence electrons. The van der Waals surface area contributed by atoms with Gasteiger partial charge in [0.2, 0.25) is 0 Å². The SMILES string of the molecule is C#Cc1ccc(OCCCCCC)c(C(C)(C)C)c1. The molecule has 0 aliphatic carbocycles. The van der Waals surface area contributed by atoms with Crippen LogP contribution in [0.1, 0.15) is 64.5 Å². The molecule has 0 aliphatic rings. The van der Waals surface area contributed by atoms with Gasteiger partial charge in [0, 0.05) is 11.1 Å². The van der Waals surface area contributed by atoms with Crippen LogP contribution in [0.15, 0.2) is 18.2 Å². The normalized spacial score (nSPS) is 11.1. The van der Waals surface area contributed by atoms with E-state index >= 15 is 0 Å². The number of ether oxygens (including phenoxy) is 1. The third kappa shape index (κ3) is 4.99. The molecule has 1 aromatic carbocycles. The Morgan fingerprint density at radius 2 is 1.89 bits per heavy atom. The van der Waals surface area contributed by atoms with Gasteiger partial charge >= 0.3 is 0 Å². The van der Waals surface area contributed by atoms with Crippen LogP contribution >= 0.6 is 0 Å². The van der Waals surface area contributed by atoms with Crippen LogP contribution in [0.2, 0.25) is 0 Å². The van der Waals surface area contributed by atoms with E-state index in [-0.39, 0.29) is 5.41 Å².